The van der Waals surface area contributed by atoms with E-state index in [0.717, 1.165) is 77.8 Å². The SMILES string of the molecule is NCCCCCCS(=O)(=O)N(OCCN1CCOCC1)C1CCCCC1. The van der Waals surface area contributed by atoms with Crippen LogP contribution < -0.4 is 5.73 Å². The highest BCUT2D eigenvalue weighted by Gasteiger charge is 2.32. The van der Waals surface area contributed by atoms with E-state index in [2.05, 4.69) is 4.90 Å². The molecule has 7 nitrogen and oxygen atoms in total. The van der Waals surface area contributed by atoms with Crippen molar-refractivity contribution >= 4 is 10.0 Å². The maximum absolute atomic E-state index is 12.9. The number of hydrogen-bond donors (Lipinski definition) is 1. The minimum Gasteiger partial charge on any atom is -0.379 e. The van der Waals surface area contributed by atoms with Crippen LogP contribution in [0.25, 0.3) is 0 Å². The number of sulfonamides is 1. The van der Waals surface area contributed by atoms with E-state index in [4.69, 9.17) is 15.3 Å². The molecule has 2 N–H and O–H groups in total. The number of nitrogens with two attached hydrogens (primary N) is 1. The molecule has 0 unspecified atom stereocenters. The van der Waals surface area contributed by atoms with Crippen LogP contribution in [0.4, 0.5) is 0 Å². The fraction of sp³-hybridized carbons (Fsp3) is 1.00. The van der Waals surface area contributed by atoms with Crippen molar-refractivity contribution in [1.29, 1.82) is 0 Å². The quantitative estimate of drug-likeness (QED) is 0.403. The molecule has 0 aromatic heterocycles. The molecular weight excluding hydrogens is 354 g/mol. The molecule has 8 heteroatoms. The molecule has 0 atom stereocenters. The molecule has 1 saturated heterocycles. The standard InChI is InChI=1S/C18H37N3O4S/c19-10-6-1-2-7-17-26(22,23)21(18-8-4-3-5-9-18)25-16-13-20-11-14-24-15-12-20/h18H,1-17,19H2. The first-order chi connectivity index (χ1) is 12.6. The minimum atomic E-state index is -3.38. The number of rotatable bonds is 12. The van der Waals surface area contributed by atoms with Crippen LogP contribution in [0.5, 0.6) is 0 Å². The lowest BCUT2D eigenvalue weighted by Gasteiger charge is -2.33. The van der Waals surface area contributed by atoms with Crippen LogP contribution in [0.3, 0.4) is 0 Å². The summed E-state index contributed by atoms with van der Waals surface area (Å²) in [5, 5.41) is 0. The van der Waals surface area contributed by atoms with E-state index in [1.54, 1.807) is 0 Å². The molecule has 0 aromatic carbocycles. The van der Waals surface area contributed by atoms with Gasteiger partial charge in [0.2, 0.25) is 10.0 Å². The van der Waals surface area contributed by atoms with Gasteiger partial charge in [0.15, 0.2) is 0 Å². The lowest BCUT2D eigenvalue weighted by molar-refractivity contribution is -0.126. The molecule has 26 heavy (non-hydrogen) atoms. The Morgan fingerprint density at radius 2 is 1.73 bits per heavy atom. The molecule has 0 bridgehead atoms. The topological polar surface area (TPSA) is 85.1 Å². The number of ether oxygens (including phenoxy) is 1. The van der Waals surface area contributed by atoms with Crippen molar-refractivity contribution in [1.82, 2.24) is 9.37 Å². The Balaban J connectivity index is 1.84. The Kier molecular flexibility index (Phi) is 10.4. The average Bonchev–Trinajstić information content (AvgIpc) is 2.66. The van der Waals surface area contributed by atoms with Crippen molar-refractivity contribution in [2.24, 2.45) is 5.73 Å². The summed E-state index contributed by atoms with van der Waals surface area (Å²) in [5.74, 6) is 0.172. The lowest BCUT2D eigenvalue weighted by Crippen LogP contribution is -2.45. The predicted molar refractivity (Wildman–Crippen MR) is 103 cm³/mol. The Hall–Kier alpha value is -0.250. The first-order valence-corrected chi connectivity index (χ1v) is 11.9. The van der Waals surface area contributed by atoms with Crippen LogP contribution in [0.2, 0.25) is 0 Å². The third kappa shape index (κ3) is 7.78. The minimum absolute atomic E-state index is 0.00230. The largest absolute Gasteiger partial charge is 0.379 e. The maximum atomic E-state index is 12.9. The predicted octanol–water partition coefficient (Wildman–Crippen LogP) is 1.73. The van der Waals surface area contributed by atoms with Gasteiger partial charge in [-0.05, 0) is 32.2 Å². The summed E-state index contributed by atoms with van der Waals surface area (Å²) in [6.45, 7) is 5.11. The van der Waals surface area contributed by atoms with Gasteiger partial charge in [-0.3, -0.25) is 9.74 Å². The molecule has 0 spiro atoms. The molecule has 2 aliphatic rings. The summed E-state index contributed by atoms with van der Waals surface area (Å²) in [5.41, 5.74) is 5.50. The van der Waals surface area contributed by atoms with E-state index in [1.165, 1.54) is 10.9 Å². The Morgan fingerprint density at radius 1 is 1.04 bits per heavy atom. The Labute approximate surface area is 159 Å². The van der Waals surface area contributed by atoms with Crippen molar-refractivity contribution in [2.45, 2.75) is 63.8 Å². The van der Waals surface area contributed by atoms with Gasteiger partial charge in [0, 0.05) is 19.6 Å². The van der Waals surface area contributed by atoms with E-state index in [9.17, 15) is 8.42 Å². The number of unbranched alkanes of at least 4 members (excludes halogenated alkanes) is 3. The summed E-state index contributed by atoms with van der Waals surface area (Å²) in [6, 6.07) is 0.00230. The molecule has 1 saturated carbocycles. The van der Waals surface area contributed by atoms with E-state index in [1.807, 2.05) is 0 Å². The fourth-order valence-electron chi connectivity index (χ4n) is 3.66. The molecule has 1 aliphatic heterocycles. The fourth-order valence-corrected chi connectivity index (χ4v) is 5.31. The summed E-state index contributed by atoms with van der Waals surface area (Å²) in [7, 11) is -3.38. The highest BCUT2D eigenvalue weighted by molar-refractivity contribution is 7.88. The molecule has 1 heterocycles. The van der Waals surface area contributed by atoms with Crippen LogP contribution in [0, 0.1) is 0 Å². The van der Waals surface area contributed by atoms with Gasteiger partial charge in [0.25, 0.3) is 0 Å². The third-order valence-corrected chi connectivity index (χ3v) is 6.99. The first kappa shape index (κ1) is 22.0. The maximum Gasteiger partial charge on any atom is 0.236 e. The van der Waals surface area contributed by atoms with E-state index in [-0.39, 0.29) is 11.8 Å². The zero-order valence-corrected chi connectivity index (χ0v) is 16.9. The zero-order valence-electron chi connectivity index (χ0n) is 16.1. The molecule has 2 rings (SSSR count). The van der Waals surface area contributed by atoms with Crippen LogP contribution in [0.1, 0.15) is 57.8 Å². The molecule has 0 aromatic rings. The summed E-state index contributed by atoms with van der Waals surface area (Å²) >= 11 is 0. The zero-order chi connectivity index (χ0) is 18.7. The normalized spacial score (nSPS) is 20.7. The van der Waals surface area contributed by atoms with Crippen molar-refractivity contribution < 1.29 is 18.0 Å². The number of hydrogen-bond acceptors (Lipinski definition) is 6. The summed E-state index contributed by atoms with van der Waals surface area (Å²) in [4.78, 5) is 8.14. The van der Waals surface area contributed by atoms with E-state index in [0.29, 0.717) is 19.6 Å². The Morgan fingerprint density at radius 3 is 2.42 bits per heavy atom. The van der Waals surface area contributed by atoms with Crippen molar-refractivity contribution in [3.63, 3.8) is 0 Å². The molecule has 2 fully saturated rings. The Bertz CT molecular complexity index is 463. The van der Waals surface area contributed by atoms with Crippen LogP contribution >= 0.6 is 0 Å². The van der Waals surface area contributed by atoms with Crippen LogP contribution in [-0.2, 0) is 19.6 Å². The monoisotopic (exact) mass is 391 g/mol. The second kappa shape index (κ2) is 12.3. The van der Waals surface area contributed by atoms with Gasteiger partial charge in [-0.15, -0.1) is 0 Å². The van der Waals surface area contributed by atoms with Crippen LogP contribution in [-0.4, -0.2) is 75.6 Å². The number of hydroxylamine groups is 1. The average molecular weight is 392 g/mol. The van der Waals surface area contributed by atoms with Gasteiger partial charge in [0.05, 0.1) is 31.6 Å². The number of nitrogens with zero attached hydrogens (tertiary/aromatic N) is 2. The van der Waals surface area contributed by atoms with E-state index < -0.39 is 10.0 Å². The molecule has 154 valence electrons. The lowest BCUT2D eigenvalue weighted by atomic mass is 9.96. The van der Waals surface area contributed by atoms with Gasteiger partial charge >= 0.3 is 0 Å². The molecule has 0 radical (unpaired) electrons. The van der Waals surface area contributed by atoms with Gasteiger partial charge in [-0.2, -0.15) is 0 Å². The van der Waals surface area contributed by atoms with Crippen LogP contribution in [0.15, 0.2) is 0 Å². The van der Waals surface area contributed by atoms with Crippen molar-refractivity contribution in [3.8, 4) is 0 Å². The highest BCUT2D eigenvalue weighted by atomic mass is 32.2. The number of morpholine rings is 1. The molecule has 1 aliphatic carbocycles. The third-order valence-electron chi connectivity index (χ3n) is 5.23. The van der Waals surface area contributed by atoms with Crippen molar-refractivity contribution in [2.75, 3.05) is 51.8 Å². The second-order valence-corrected chi connectivity index (χ2v) is 9.29. The first-order valence-electron chi connectivity index (χ1n) is 10.3. The molecule has 0 amide bonds. The molecular formula is C18H37N3O4S. The summed E-state index contributed by atoms with van der Waals surface area (Å²) < 4.78 is 32.5. The summed E-state index contributed by atoms with van der Waals surface area (Å²) in [6.07, 6.45) is 8.71. The second-order valence-electron chi connectivity index (χ2n) is 7.35. The van der Waals surface area contributed by atoms with Gasteiger partial charge < -0.3 is 10.5 Å². The van der Waals surface area contributed by atoms with Gasteiger partial charge in [0.1, 0.15) is 0 Å². The smallest absolute Gasteiger partial charge is 0.236 e. The van der Waals surface area contributed by atoms with E-state index >= 15 is 0 Å². The van der Waals surface area contributed by atoms with Gasteiger partial charge in [-0.1, -0.05) is 36.6 Å². The highest BCUT2D eigenvalue weighted by Crippen LogP contribution is 2.25. The van der Waals surface area contributed by atoms with Gasteiger partial charge in [-0.25, -0.2) is 8.42 Å². The van der Waals surface area contributed by atoms with Crippen molar-refractivity contribution in [3.05, 3.63) is 0 Å².